The van der Waals surface area contributed by atoms with Crippen molar-refractivity contribution in [3.8, 4) is 0 Å². The number of rotatable bonds is 7. The van der Waals surface area contributed by atoms with Crippen LogP contribution in [0.4, 0.5) is 4.39 Å². The molecule has 0 aliphatic heterocycles. The molecule has 1 aromatic rings. The Hall–Kier alpha value is -1.27. The number of hydrogen-bond donors (Lipinski definition) is 2. The van der Waals surface area contributed by atoms with Crippen molar-refractivity contribution < 1.29 is 19.1 Å². The SMILES string of the molecule is CC(=O)NC(CCSCc1ccc(Cl)cc1F)C(=O)O. The number of aliphatic carboxylic acids is 1. The van der Waals surface area contributed by atoms with Crippen LogP contribution in [-0.4, -0.2) is 28.8 Å². The number of carbonyl (C=O) groups excluding carboxylic acids is 1. The fraction of sp³-hybridized carbons (Fsp3) is 0.385. The smallest absolute Gasteiger partial charge is 0.326 e. The van der Waals surface area contributed by atoms with Gasteiger partial charge in [-0.25, -0.2) is 9.18 Å². The number of thioether (sulfide) groups is 1. The third-order valence-corrected chi connectivity index (χ3v) is 3.77. The molecule has 0 spiro atoms. The van der Waals surface area contributed by atoms with E-state index in [4.69, 9.17) is 16.7 Å². The van der Waals surface area contributed by atoms with Gasteiger partial charge < -0.3 is 10.4 Å². The Labute approximate surface area is 125 Å². The summed E-state index contributed by atoms with van der Waals surface area (Å²) in [7, 11) is 0. The largest absolute Gasteiger partial charge is 0.480 e. The number of hydrogen-bond acceptors (Lipinski definition) is 3. The average molecular weight is 320 g/mol. The van der Waals surface area contributed by atoms with Crippen LogP contribution in [-0.2, 0) is 15.3 Å². The summed E-state index contributed by atoms with van der Waals surface area (Å²) in [5, 5.41) is 11.6. The highest BCUT2D eigenvalue weighted by atomic mass is 35.5. The highest BCUT2D eigenvalue weighted by Gasteiger charge is 2.17. The minimum atomic E-state index is -1.07. The van der Waals surface area contributed by atoms with Gasteiger partial charge in [-0.15, -0.1) is 0 Å². The number of carboxylic acid groups (broad SMARTS) is 1. The Morgan fingerprint density at radius 2 is 2.20 bits per heavy atom. The van der Waals surface area contributed by atoms with Crippen LogP contribution in [0, 0.1) is 5.82 Å². The minimum absolute atomic E-state index is 0.286. The normalized spacial score (nSPS) is 11.9. The third-order valence-electron chi connectivity index (χ3n) is 2.50. The molecule has 4 nitrogen and oxygen atoms in total. The molecule has 0 radical (unpaired) electrons. The number of halogens is 2. The lowest BCUT2D eigenvalue weighted by atomic mass is 10.2. The van der Waals surface area contributed by atoms with Gasteiger partial charge in [0.1, 0.15) is 11.9 Å². The molecule has 0 aromatic heterocycles. The summed E-state index contributed by atoms with van der Waals surface area (Å²) in [4.78, 5) is 21.7. The maximum atomic E-state index is 13.5. The first-order chi connectivity index (χ1) is 9.40. The van der Waals surface area contributed by atoms with Crippen LogP contribution in [0.15, 0.2) is 18.2 Å². The van der Waals surface area contributed by atoms with Gasteiger partial charge in [-0.05, 0) is 29.9 Å². The molecule has 1 rings (SSSR count). The molecule has 1 unspecified atom stereocenters. The van der Waals surface area contributed by atoms with Crippen molar-refractivity contribution in [3.05, 3.63) is 34.6 Å². The molecule has 1 amide bonds. The van der Waals surface area contributed by atoms with Gasteiger partial charge in [0.15, 0.2) is 0 Å². The van der Waals surface area contributed by atoms with Crippen molar-refractivity contribution in [2.45, 2.75) is 25.1 Å². The monoisotopic (exact) mass is 319 g/mol. The van der Waals surface area contributed by atoms with Crippen LogP contribution in [0.5, 0.6) is 0 Å². The van der Waals surface area contributed by atoms with E-state index in [0.29, 0.717) is 22.1 Å². The number of carbonyl (C=O) groups is 2. The van der Waals surface area contributed by atoms with E-state index in [-0.39, 0.29) is 18.1 Å². The number of amides is 1. The van der Waals surface area contributed by atoms with E-state index in [2.05, 4.69) is 5.32 Å². The molecule has 7 heteroatoms. The van der Waals surface area contributed by atoms with Gasteiger partial charge in [0.05, 0.1) is 0 Å². The second-order valence-corrected chi connectivity index (χ2v) is 5.71. The standard InChI is InChI=1S/C13H15ClFNO3S/c1-8(17)16-12(13(18)19)4-5-20-7-9-2-3-10(14)6-11(9)15/h2-3,6,12H,4-5,7H2,1H3,(H,16,17)(H,18,19). The minimum Gasteiger partial charge on any atom is -0.480 e. The third kappa shape index (κ3) is 5.79. The lowest BCUT2D eigenvalue weighted by Crippen LogP contribution is -2.39. The lowest BCUT2D eigenvalue weighted by molar-refractivity contribution is -0.141. The molecular weight excluding hydrogens is 305 g/mol. The molecule has 0 saturated heterocycles. The zero-order chi connectivity index (χ0) is 15.1. The maximum Gasteiger partial charge on any atom is 0.326 e. The first-order valence-corrected chi connectivity index (χ1v) is 7.45. The Morgan fingerprint density at radius 1 is 1.50 bits per heavy atom. The van der Waals surface area contributed by atoms with Gasteiger partial charge >= 0.3 is 5.97 Å². The number of benzene rings is 1. The molecule has 2 N–H and O–H groups in total. The van der Waals surface area contributed by atoms with Crippen molar-refractivity contribution >= 4 is 35.2 Å². The van der Waals surface area contributed by atoms with Gasteiger partial charge in [0, 0.05) is 17.7 Å². The van der Waals surface area contributed by atoms with Gasteiger partial charge in [0.25, 0.3) is 0 Å². The average Bonchev–Trinajstić information content (AvgIpc) is 2.34. The first-order valence-electron chi connectivity index (χ1n) is 5.91. The fourth-order valence-electron chi connectivity index (χ4n) is 1.52. The summed E-state index contributed by atoms with van der Waals surface area (Å²) in [5.41, 5.74) is 0.519. The molecule has 0 heterocycles. The van der Waals surface area contributed by atoms with E-state index in [1.807, 2.05) is 0 Å². The molecule has 1 atom stereocenters. The first kappa shape index (κ1) is 16.8. The molecule has 0 bridgehead atoms. The van der Waals surface area contributed by atoms with Gasteiger partial charge in [-0.1, -0.05) is 17.7 Å². The lowest BCUT2D eigenvalue weighted by Gasteiger charge is -2.12. The van der Waals surface area contributed by atoms with Crippen molar-refractivity contribution in [2.24, 2.45) is 0 Å². The van der Waals surface area contributed by atoms with E-state index < -0.39 is 12.0 Å². The van der Waals surface area contributed by atoms with Gasteiger partial charge in [0.2, 0.25) is 5.91 Å². The molecule has 0 aliphatic carbocycles. The van der Waals surface area contributed by atoms with Crippen LogP contribution in [0.1, 0.15) is 18.9 Å². The predicted molar refractivity (Wildman–Crippen MR) is 77.4 cm³/mol. The second-order valence-electron chi connectivity index (χ2n) is 4.17. The Kier molecular flexibility index (Phi) is 6.81. The highest BCUT2D eigenvalue weighted by molar-refractivity contribution is 7.98. The van der Waals surface area contributed by atoms with Crippen LogP contribution < -0.4 is 5.32 Å². The second kappa shape index (κ2) is 8.11. The van der Waals surface area contributed by atoms with Crippen LogP contribution in [0.25, 0.3) is 0 Å². The molecule has 0 aliphatic rings. The zero-order valence-corrected chi connectivity index (χ0v) is 12.4. The van der Waals surface area contributed by atoms with Crippen molar-refractivity contribution in [2.75, 3.05) is 5.75 Å². The Morgan fingerprint density at radius 3 is 2.75 bits per heavy atom. The molecule has 1 aromatic carbocycles. The number of nitrogens with one attached hydrogen (secondary N) is 1. The van der Waals surface area contributed by atoms with Crippen molar-refractivity contribution in [1.82, 2.24) is 5.32 Å². The topological polar surface area (TPSA) is 66.4 Å². The quantitative estimate of drug-likeness (QED) is 0.758. The van der Waals surface area contributed by atoms with Crippen LogP contribution in [0.2, 0.25) is 5.02 Å². The summed E-state index contributed by atoms with van der Waals surface area (Å²) in [5.74, 6) is -0.902. The van der Waals surface area contributed by atoms with Crippen LogP contribution >= 0.6 is 23.4 Å². The van der Waals surface area contributed by atoms with Crippen molar-refractivity contribution in [3.63, 3.8) is 0 Å². The summed E-state index contributed by atoms with van der Waals surface area (Å²) in [6.45, 7) is 1.27. The fourth-order valence-corrected chi connectivity index (χ4v) is 2.68. The zero-order valence-electron chi connectivity index (χ0n) is 10.9. The van der Waals surface area contributed by atoms with E-state index in [1.165, 1.54) is 24.8 Å². The summed E-state index contributed by atoms with van der Waals surface area (Å²) < 4.78 is 13.5. The molecule has 20 heavy (non-hydrogen) atoms. The maximum absolute atomic E-state index is 13.5. The van der Waals surface area contributed by atoms with E-state index >= 15 is 0 Å². The molecule has 0 saturated carbocycles. The Balaban J connectivity index is 2.40. The summed E-state index contributed by atoms with van der Waals surface area (Å²) >= 11 is 7.05. The molecule has 0 fully saturated rings. The Bertz CT molecular complexity index is 499. The summed E-state index contributed by atoms with van der Waals surface area (Å²) in [6.07, 6.45) is 0.286. The molecular formula is C13H15ClFNO3S. The highest BCUT2D eigenvalue weighted by Crippen LogP contribution is 2.20. The van der Waals surface area contributed by atoms with Crippen molar-refractivity contribution in [1.29, 1.82) is 0 Å². The van der Waals surface area contributed by atoms with E-state index in [9.17, 15) is 14.0 Å². The molecule has 110 valence electrons. The number of carboxylic acids is 1. The van der Waals surface area contributed by atoms with E-state index in [1.54, 1.807) is 12.1 Å². The van der Waals surface area contributed by atoms with E-state index in [0.717, 1.165) is 0 Å². The van der Waals surface area contributed by atoms with Gasteiger partial charge in [-0.2, -0.15) is 11.8 Å². The predicted octanol–water partition coefficient (Wildman–Crippen LogP) is 2.69. The summed E-state index contributed by atoms with van der Waals surface area (Å²) in [6, 6.07) is 3.55. The van der Waals surface area contributed by atoms with Gasteiger partial charge in [-0.3, -0.25) is 4.79 Å². The van der Waals surface area contributed by atoms with Crippen LogP contribution in [0.3, 0.4) is 0 Å².